The molecule has 0 radical (unpaired) electrons. The van der Waals surface area contributed by atoms with Crippen LogP contribution in [0, 0.1) is 0 Å². The Morgan fingerprint density at radius 1 is 1.00 bits per heavy atom. The molecule has 0 spiro atoms. The highest BCUT2D eigenvalue weighted by molar-refractivity contribution is 6.23. The van der Waals surface area contributed by atoms with Gasteiger partial charge in [-0.05, 0) is 35.5 Å². The number of carbonyl (C=O) groups excluding carboxylic acids is 2. The van der Waals surface area contributed by atoms with Gasteiger partial charge in [-0.3, -0.25) is 9.59 Å². The Balaban J connectivity index is 2.50. The summed E-state index contributed by atoms with van der Waals surface area (Å²) in [6, 6.07) is 0. The summed E-state index contributed by atoms with van der Waals surface area (Å²) in [5, 5.41) is 8.72. The van der Waals surface area contributed by atoms with E-state index < -0.39 is 11.8 Å². The van der Waals surface area contributed by atoms with Crippen molar-refractivity contribution >= 4 is 17.5 Å². The van der Waals surface area contributed by atoms with Crippen LogP contribution in [-0.2, 0) is 14.4 Å². The van der Waals surface area contributed by atoms with Gasteiger partial charge in [0, 0.05) is 0 Å². The topological polar surface area (TPSA) is 71.4 Å². The predicted octanol–water partition coefficient (Wildman–Crippen LogP) is 0.572. The number of carbonyl (C=O) groups is 3. The van der Waals surface area contributed by atoms with Crippen molar-refractivity contribution in [1.82, 2.24) is 0 Å². The Morgan fingerprint density at radius 3 is 2.40 bits per heavy atom. The number of hydrogen-bond donors (Lipinski definition) is 1. The molecule has 2 aliphatic rings. The molecule has 0 aromatic carbocycles. The van der Waals surface area contributed by atoms with Crippen LogP contribution in [0.1, 0.15) is 0 Å². The number of aliphatic carboxylic acids is 1. The molecule has 0 aliphatic heterocycles. The molecule has 0 bridgehead atoms. The molecule has 0 saturated carbocycles. The minimum absolute atomic E-state index is 0.211. The van der Waals surface area contributed by atoms with Crippen LogP contribution in [0.4, 0.5) is 0 Å². The molecule has 0 saturated heterocycles. The summed E-state index contributed by atoms with van der Waals surface area (Å²) in [6.07, 6.45) is 6.59. The first-order chi connectivity index (χ1) is 7.08. The quantitative estimate of drug-likeness (QED) is 0.631. The zero-order valence-corrected chi connectivity index (χ0v) is 7.56. The lowest BCUT2D eigenvalue weighted by molar-refractivity contribution is -0.134. The normalized spacial score (nSPS) is 19.1. The molecule has 0 unspecified atom stereocenters. The Bertz CT molecular complexity index is 501. The van der Waals surface area contributed by atoms with Gasteiger partial charge in [0.1, 0.15) is 5.57 Å². The summed E-state index contributed by atoms with van der Waals surface area (Å²) in [5.41, 5.74) is 0.734. The van der Waals surface area contributed by atoms with Gasteiger partial charge in [0.2, 0.25) is 0 Å². The molecule has 0 fully saturated rings. The summed E-state index contributed by atoms with van der Waals surface area (Å²) < 4.78 is 0. The van der Waals surface area contributed by atoms with Gasteiger partial charge in [0.05, 0.1) is 0 Å². The standard InChI is InChI=1S/C11H6O4/c12-8-2-1-6-5-10(13)9(11(14)15)4-7(6)3-8/h1-5H,(H,14,15). The third kappa shape index (κ3) is 1.57. The number of allylic oxidation sites excluding steroid dienone is 7. The lowest BCUT2D eigenvalue weighted by Crippen LogP contribution is -2.16. The molecule has 1 N–H and O–H groups in total. The SMILES string of the molecule is O=C1C=CC2=CC(=O)C(C(=O)O)=CC2=C1. The average molecular weight is 202 g/mol. The van der Waals surface area contributed by atoms with Gasteiger partial charge < -0.3 is 5.11 Å². The van der Waals surface area contributed by atoms with E-state index in [1.165, 1.54) is 30.4 Å². The van der Waals surface area contributed by atoms with E-state index in [9.17, 15) is 14.4 Å². The molecular formula is C11H6O4. The third-order valence-electron chi connectivity index (χ3n) is 2.14. The van der Waals surface area contributed by atoms with E-state index in [1.54, 1.807) is 0 Å². The van der Waals surface area contributed by atoms with Crippen LogP contribution in [0.5, 0.6) is 0 Å². The van der Waals surface area contributed by atoms with Crippen molar-refractivity contribution in [3.05, 3.63) is 47.1 Å². The van der Waals surface area contributed by atoms with Crippen molar-refractivity contribution in [3.8, 4) is 0 Å². The highest BCUT2D eigenvalue weighted by atomic mass is 16.4. The van der Waals surface area contributed by atoms with Crippen molar-refractivity contribution in [2.45, 2.75) is 0 Å². The minimum Gasteiger partial charge on any atom is -0.478 e. The van der Waals surface area contributed by atoms with E-state index in [0.29, 0.717) is 11.1 Å². The Hall–Kier alpha value is -2.23. The third-order valence-corrected chi connectivity index (χ3v) is 2.14. The molecule has 15 heavy (non-hydrogen) atoms. The molecule has 0 amide bonds. The summed E-state index contributed by atoms with van der Waals surface area (Å²) in [5.74, 6) is -2.04. The number of ketones is 2. The molecular weight excluding hydrogens is 196 g/mol. The molecule has 4 nitrogen and oxygen atoms in total. The summed E-state index contributed by atoms with van der Waals surface area (Å²) in [6.45, 7) is 0. The lowest BCUT2D eigenvalue weighted by Gasteiger charge is -2.13. The second-order valence-corrected chi connectivity index (χ2v) is 3.16. The number of carboxylic acid groups (broad SMARTS) is 1. The van der Waals surface area contributed by atoms with E-state index in [-0.39, 0.29) is 11.4 Å². The first kappa shape index (κ1) is 9.33. The first-order valence-electron chi connectivity index (χ1n) is 4.23. The fourth-order valence-corrected chi connectivity index (χ4v) is 1.42. The number of carboxylic acids is 1. The zero-order chi connectivity index (χ0) is 11.0. The number of rotatable bonds is 1. The molecule has 74 valence electrons. The highest BCUT2D eigenvalue weighted by Gasteiger charge is 2.23. The first-order valence-corrected chi connectivity index (χ1v) is 4.23. The zero-order valence-electron chi connectivity index (χ0n) is 7.56. The van der Waals surface area contributed by atoms with Crippen molar-refractivity contribution in [3.63, 3.8) is 0 Å². The fourth-order valence-electron chi connectivity index (χ4n) is 1.42. The van der Waals surface area contributed by atoms with Crippen molar-refractivity contribution in [2.75, 3.05) is 0 Å². The van der Waals surface area contributed by atoms with E-state index in [2.05, 4.69) is 0 Å². The van der Waals surface area contributed by atoms with Crippen LogP contribution in [-0.4, -0.2) is 22.6 Å². The Morgan fingerprint density at radius 2 is 1.73 bits per heavy atom. The molecule has 0 atom stereocenters. The monoisotopic (exact) mass is 202 g/mol. The van der Waals surface area contributed by atoms with Gasteiger partial charge in [-0.15, -0.1) is 0 Å². The van der Waals surface area contributed by atoms with E-state index in [4.69, 9.17) is 5.11 Å². The van der Waals surface area contributed by atoms with Crippen LogP contribution in [0.2, 0.25) is 0 Å². The van der Waals surface area contributed by atoms with Gasteiger partial charge in [-0.25, -0.2) is 4.79 Å². The van der Waals surface area contributed by atoms with Crippen LogP contribution in [0.15, 0.2) is 47.1 Å². The smallest absolute Gasteiger partial charge is 0.339 e. The van der Waals surface area contributed by atoms with Gasteiger partial charge >= 0.3 is 5.97 Å². The average Bonchev–Trinajstić information content (AvgIpc) is 2.17. The largest absolute Gasteiger partial charge is 0.478 e. The fraction of sp³-hybridized carbons (Fsp3) is 0. The van der Waals surface area contributed by atoms with Gasteiger partial charge in [-0.2, -0.15) is 0 Å². The summed E-state index contributed by atoms with van der Waals surface area (Å²) >= 11 is 0. The van der Waals surface area contributed by atoms with Gasteiger partial charge in [-0.1, -0.05) is 6.08 Å². The lowest BCUT2D eigenvalue weighted by atomic mass is 9.90. The predicted molar refractivity (Wildman–Crippen MR) is 51.0 cm³/mol. The second-order valence-electron chi connectivity index (χ2n) is 3.16. The second kappa shape index (κ2) is 3.16. The number of fused-ring (bicyclic) bond motifs is 1. The van der Waals surface area contributed by atoms with Crippen molar-refractivity contribution < 1.29 is 19.5 Å². The summed E-state index contributed by atoms with van der Waals surface area (Å²) in [4.78, 5) is 33.0. The van der Waals surface area contributed by atoms with Crippen molar-refractivity contribution in [1.29, 1.82) is 0 Å². The van der Waals surface area contributed by atoms with Crippen LogP contribution >= 0.6 is 0 Å². The minimum atomic E-state index is -1.28. The molecule has 0 aromatic heterocycles. The maximum absolute atomic E-state index is 11.3. The summed E-state index contributed by atoms with van der Waals surface area (Å²) in [7, 11) is 0. The van der Waals surface area contributed by atoms with E-state index in [0.717, 1.165) is 0 Å². The molecule has 2 rings (SSSR count). The Labute approximate surface area is 84.9 Å². The van der Waals surface area contributed by atoms with Gasteiger partial charge in [0.15, 0.2) is 11.6 Å². The van der Waals surface area contributed by atoms with E-state index >= 15 is 0 Å². The van der Waals surface area contributed by atoms with Crippen LogP contribution < -0.4 is 0 Å². The number of hydrogen-bond acceptors (Lipinski definition) is 3. The van der Waals surface area contributed by atoms with Gasteiger partial charge in [0.25, 0.3) is 0 Å². The highest BCUT2D eigenvalue weighted by Crippen LogP contribution is 2.24. The molecule has 0 aromatic rings. The Kier molecular flexibility index (Phi) is 1.97. The van der Waals surface area contributed by atoms with E-state index in [1.807, 2.05) is 0 Å². The maximum atomic E-state index is 11.3. The molecule has 2 aliphatic carbocycles. The maximum Gasteiger partial charge on any atom is 0.339 e. The van der Waals surface area contributed by atoms with Crippen molar-refractivity contribution in [2.24, 2.45) is 0 Å². The van der Waals surface area contributed by atoms with Crippen LogP contribution in [0.25, 0.3) is 0 Å². The molecule has 0 heterocycles. The molecule has 4 heteroatoms. The van der Waals surface area contributed by atoms with Crippen LogP contribution in [0.3, 0.4) is 0 Å².